The zero-order valence-electron chi connectivity index (χ0n) is 6.36. The Morgan fingerprint density at radius 2 is 2.17 bits per heavy atom. The Bertz CT molecular complexity index is 323. The smallest absolute Gasteiger partial charge is 0.423 e. The molecule has 4 nitrogen and oxygen atoms in total. The molecule has 6 heteroatoms. The van der Waals surface area contributed by atoms with Crippen LogP contribution in [0.5, 0.6) is 0 Å². The van der Waals surface area contributed by atoms with Gasteiger partial charge in [-0.2, -0.15) is 0 Å². The average molecular weight is 171 g/mol. The lowest BCUT2D eigenvalue weighted by Crippen LogP contribution is -2.35. The summed E-state index contributed by atoms with van der Waals surface area (Å²) in [6.45, 7) is 0. The van der Waals surface area contributed by atoms with Crippen molar-refractivity contribution >= 4 is 12.6 Å². The van der Waals surface area contributed by atoms with Crippen molar-refractivity contribution in [1.82, 2.24) is 4.57 Å². The van der Waals surface area contributed by atoms with Crippen molar-refractivity contribution in [3.63, 3.8) is 0 Å². The van der Waals surface area contributed by atoms with Crippen LogP contribution in [0.4, 0.5) is 4.39 Å². The molecule has 0 aliphatic carbocycles. The van der Waals surface area contributed by atoms with E-state index in [4.69, 9.17) is 10.0 Å². The molecular formula is C6H7BFNO3. The molecule has 0 radical (unpaired) electrons. The van der Waals surface area contributed by atoms with Gasteiger partial charge in [0.25, 0.3) is 5.56 Å². The Labute approximate surface area is 68.0 Å². The molecule has 0 unspecified atom stereocenters. The summed E-state index contributed by atoms with van der Waals surface area (Å²) in [5, 5.41) is 17.3. The molecule has 2 N–H and O–H groups in total. The normalized spacial score (nSPS) is 10.0. The minimum Gasteiger partial charge on any atom is -0.423 e. The summed E-state index contributed by atoms with van der Waals surface area (Å²) in [5.41, 5.74) is -0.839. The predicted molar refractivity (Wildman–Crippen MR) is 41.5 cm³/mol. The topological polar surface area (TPSA) is 62.5 Å². The maximum Gasteiger partial charge on any atom is 0.490 e. The SMILES string of the molecule is Cn1cc(B(O)O)cc(F)c1=O. The second-order valence-corrected chi connectivity index (χ2v) is 2.41. The number of aryl methyl sites for hydroxylation is 1. The molecule has 0 atom stereocenters. The van der Waals surface area contributed by atoms with E-state index in [2.05, 4.69) is 0 Å². The van der Waals surface area contributed by atoms with Crippen molar-refractivity contribution in [3.05, 3.63) is 28.4 Å². The molecule has 1 heterocycles. The highest BCUT2D eigenvalue weighted by Crippen LogP contribution is 1.85. The highest BCUT2D eigenvalue weighted by Gasteiger charge is 2.14. The molecule has 0 aliphatic rings. The van der Waals surface area contributed by atoms with Crippen molar-refractivity contribution in [2.75, 3.05) is 0 Å². The Kier molecular flexibility index (Phi) is 2.30. The molecule has 0 saturated carbocycles. The quantitative estimate of drug-likeness (QED) is 0.490. The summed E-state index contributed by atoms with van der Waals surface area (Å²) < 4.78 is 13.6. The fraction of sp³-hybridized carbons (Fsp3) is 0.167. The maximum atomic E-state index is 12.6. The summed E-state index contributed by atoms with van der Waals surface area (Å²) in [5.74, 6) is -0.997. The number of nitrogens with zero attached hydrogens (tertiary/aromatic N) is 1. The molecule has 0 amide bonds. The third kappa shape index (κ3) is 1.54. The van der Waals surface area contributed by atoms with Crippen molar-refractivity contribution in [1.29, 1.82) is 0 Å². The number of hydrogen-bond acceptors (Lipinski definition) is 3. The molecule has 1 aromatic heterocycles. The van der Waals surface area contributed by atoms with Gasteiger partial charge in [-0.3, -0.25) is 4.79 Å². The van der Waals surface area contributed by atoms with Crippen LogP contribution in [0.3, 0.4) is 0 Å². The van der Waals surface area contributed by atoms with E-state index >= 15 is 0 Å². The molecule has 0 aliphatic heterocycles. The average Bonchev–Trinajstić information content (AvgIpc) is 1.99. The van der Waals surface area contributed by atoms with Crippen LogP contribution in [0.25, 0.3) is 0 Å². The van der Waals surface area contributed by atoms with Crippen LogP contribution < -0.4 is 11.0 Å². The van der Waals surface area contributed by atoms with Gasteiger partial charge < -0.3 is 14.6 Å². The molecule has 0 bridgehead atoms. The lowest BCUT2D eigenvalue weighted by atomic mass is 9.82. The first-order chi connectivity index (χ1) is 5.52. The van der Waals surface area contributed by atoms with Crippen LogP contribution in [0.15, 0.2) is 17.1 Å². The standard InChI is InChI=1S/C6H7BFNO3/c1-9-3-4(7(11)12)2-5(8)6(9)10/h2-3,11-12H,1H3. The van der Waals surface area contributed by atoms with Gasteiger partial charge in [0.15, 0.2) is 5.82 Å². The van der Waals surface area contributed by atoms with E-state index < -0.39 is 18.5 Å². The fourth-order valence-corrected chi connectivity index (χ4v) is 0.837. The first-order valence-electron chi connectivity index (χ1n) is 3.24. The second kappa shape index (κ2) is 3.08. The zero-order valence-corrected chi connectivity index (χ0v) is 6.36. The molecule has 12 heavy (non-hydrogen) atoms. The first kappa shape index (κ1) is 8.96. The van der Waals surface area contributed by atoms with Crippen LogP contribution in [0, 0.1) is 5.82 Å². The molecular weight excluding hydrogens is 164 g/mol. The van der Waals surface area contributed by atoms with Gasteiger partial charge in [0.2, 0.25) is 0 Å². The predicted octanol–water partition coefficient (Wildman–Crippen LogP) is -1.80. The summed E-state index contributed by atoms with van der Waals surface area (Å²) in [6.07, 6.45) is 1.16. The second-order valence-electron chi connectivity index (χ2n) is 2.41. The zero-order chi connectivity index (χ0) is 9.30. The lowest BCUT2D eigenvalue weighted by Gasteiger charge is -2.02. The molecule has 0 aromatic carbocycles. The number of aromatic nitrogens is 1. The summed E-state index contributed by atoms with van der Waals surface area (Å²) in [6, 6.07) is 0.799. The van der Waals surface area contributed by atoms with Gasteiger partial charge in [-0.15, -0.1) is 0 Å². The Balaban J connectivity index is 3.31. The van der Waals surface area contributed by atoms with Gasteiger partial charge in [0.05, 0.1) is 0 Å². The molecule has 1 aromatic rings. The number of pyridine rings is 1. The molecule has 0 spiro atoms. The third-order valence-electron chi connectivity index (χ3n) is 1.46. The van der Waals surface area contributed by atoms with Crippen molar-refractivity contribution in [3.8, 4) is 0 Å². The van der Waals surface area contributed by atoms with Crippen molar-refractivity contribution < 1.29 is 14.4 Å². The van der Waals surface area contributed by atoms with Crippen LogP contribution in [0.1, 0.15) is 0 Å². The van der Waals surface area contributed by atoms with Gasteiger partial charge >= 0.3 is 7.12 Å². The Hall–Kier alpha value is -1.14. The summed E-state index contributed by atoms with van der Waals surface area (Å²) in [7, 11) is -0.427. The fourth-order valence-electron chi connectivity index (χ4n) is 0.837. The lowest BCUT2D eigenvalue weighted by molar-refractivity contribution is 0.424. The van der Waals surface area contributed by atoms with E-state index in [1.54, 1.807) is 0 Å². The van der Waals surface area contributed by atoms with E-state index in [-0.39, 0.29) is 5.46 Å². The molecule has 64 valence electrons. The Morgan fingerprint density at radius 1 is 1.58 bits per heavy atom. The van der Waals surface area contributed by atoms with Crippen LogP contribution >= 0.6 is 0 Å². The van der Waals surface area contributed by atoms with E-state index in [0.29, 0.717) is 0 Å². The van der Waals surface area contributed by atoms with E-state index in [1.165, 1.54) is 7.05 Å². The minimum absolute atomic E-state index is 0.0467. The van der Waals surface area contributed by atoms with Gasteiger partial charge in [-0.05, 0) is 6.07 Å². The van der Waals surface area contributed by atoms with Crippen LogP contribution in [0.2, 0.25) is 0 Å². The highest BCUT2D eigenvalue weighted by atomic mass is 19.1. The first-order valence-corrected chi connectivity index (χ1v) is 3.24. The highest BCUT2D eigenvalue weighted by molar-refractivity contribution is 6.58. The van der Waals surface area contributed by atoms with Crippen molar-refractivity contribution in [2.24, 2.45) is 7.05 Å². The number of rotatable bonds is 1. The maximum absolute atomic E-state index is 12.6. The van der Waals surface area contributed by atoms with Crippen LogP contribution in [-0.4, -0.2) is 21.7 Å². The van der Waals surface area contributed by atoms with Crippen LogP contribution in [-0.2, 0) is 7.05 Å². The molecule has 0 saturated heterocycles. The van der Waals surface area contributed by atoms with E-state index in [0.717, 1.165) is 16.8 Å². The number of halogens is 1. The van der Waals surface area contributed by atoms with E-state index in [1.807, 2.05) is 0 Å². The summed E-state index contributed by atoms with van der Waals surface area (Å²) in [4.78, 5) is 10.8. The largest absolute Gasteiger partial charge is 0.490 e. The van der Waals surface area contributed by atoms with E-state index in [9.17, 15) is 9.18 Å². The number of hydrogen-bond donors (Lipinski definition) is 2. The minimum atomic E-state index is -1.76. The monoisotopic (exact) mass is 171 g/mol. The Morgan fingerprint density at radius 3 is 2.58 bits per heavy atom. The van der Waals surface area contributed by atoms with Gasteiger partial charge in [-0.25, -0.2) is 4.39 Å². The van der Waals surface area contributed by atoms with Gasteiger partial charge in [0.1, 0.15) is 0 Å². The van der Waals surface area contributed by atoms with Gasteiger partial charge in [0, 0.05) is 18.7 Å². The van der Waals surface area contributed by atoms with Crippen molar-refractivity contribution in [2.45, 2.75) is 0 Å². The third-order valence-corrected chi connectivity index (χ3v) is 1.46. The van der Waals surface area contributed by atoms with Gasteiger partial charge in [-0.1, -0.05) is 0 Å². The summed E-state index contributed by atoms with van der Waals surface area (Å²) >= 11 is 0. The molecule has 0 fully saturated rings. The molecule has 1 rings (SSSR count).